The van der Waals surface area contributed by atoms with E-state index in [-0.39, 0.29) is 0 Å². The van der Waals surface area contributed by atoms with Gasteiger partial charge in [-0.3, -0.25) is 10.00 Å². The summed E-state index contributed by atoms with van der Waals surface area (Å²) in [6.45, 7) is 7.26. The summed E-state index contributed by atoms with van der Waals surface area (Å²) in [5.74, 6) is 0.926. The molecule has 4 rings (SSSR count). The molecule has 1 aliphatic heterocycles. The molecule has 1 aliphatic rings. The zero-order valence-electron chi connectivity index (χ0n) is 16.9. The molecule has 6 nitrogen and oxygen atoms in total. The van der Waals surface area contributed by atoms with E-state index in [1.54, 1.807) is 0 Å². The molecule has 0 atom stereocenters. The van der Waals surface area contributed by atoms with Gasteiger partial charge in [0.05, 0.1) is 19.4 Å². The van der Waals surface area contributed by atoms with Crippen molar-refractivity contribution in [3.63, 3.8) is 0 Å². The molecule has 29 heavy (non-hydrogen) atoms. The van der Waals surface area contributed by atoms with E-state index < -0.39 is 0 Å². The topological polar surface area (TPSA) is 76.4 Å². The number of morpholine rings is 1. The predicted octanol–water partition coefficient (Wildman–Crippen LogP) is 3.60. The SMILES string of the molecule is CCc1c(OCCN2CCOCC2)ccc(-c2ccccc2N)c1-c1cn[nH]c1. The Labute approximate surface area is 171 Å². The van der Waals surface area contributed by atoms with Crippen molar-refractivity contribution in [1.82, 2.24) is 15.1 Å². The first-order valence-corrected chi connectivity index (χ1v) is 10.2. The van der Waals surface area contributed by atoms with Gasteiger partial charge in [-0.2, -0.15) is 5.10 Å². The molecule has 2 heterocycles. The molecule has 0 bridgehead atoms. The number of hydrogen-bond acceptors (Lipinski definition) is 5. The number of H-pyrrole nitrogens is 1. The number of para-hydroxylation sites is 1. The van der Waals surface area contributed by atoms with E-state index in [1.807, 2.05) is 30.6 Å². The van der Waals surface area contributed by atoms with Crippen LogP contribution in [0.15, 0.2) is 48.8 Å². The number of nitrogen functional groups attached to an aromatic ring is 1. The molecule has 0 spiro atoms. The van der Waals surface area contributed by atoms with Crippen molar-refractivity contribution in [2.24, 2.45) is 0 Å². The Balaban J connectivity index is 1.67. The second-order valence-electron chi connectivity index (χ2n) is 7.20. The van der Waals surface area contributed by atoms with Gasteiger partial charge >= 0.3 is 0 Å². The summed E-state index contributed by atoms with van der Waals surface area (Å²) in [4.78, 5) is 2.38. The minimum atomic E-state index is 0.657. The van der Waals surface area contributed by atoms with Crippen molar-refractivity contribution in [1.29, 1.82) is 0 Å². The lowest BCUT2D eigenvalue weighted by Gasteiger charge is -2.26. The molecule has 0 radical (unpaired) electrons. The van der Waals surface area contributed by atoms with Crippen LogP contribution in [-0.4, -0.2) is 54.6 Å². The first-order valence-electron chi connectivity index (χ1n) is 10.2. The normalized spacial score (nSPS) is 14.8. The molecular weight excluding hydrogens is 364 g/mol. The van der Waals surface area contributed by atoms with Gasteiger partial charge in [-0.25, -0.2) is 0 Å². The quantitative estimate of drug-likeness (QED) is 0.601. The molecule has 3 N–H and O–H groups in total. The highest BCUT2D eigenvalue weighted by Gasteiger charge is 2.18. The number of hydrogen-bond donors (Lipinski definition) is 2. The number of nitrogens with two attached hydrogens (primary N) is 1. The van der Waals surface area contributed by atoms with E-state index in [0.29, 0.717) is 6.61 Å². The molecule has 0 unspecified atom stereocenters. The average molecular weight is 393 g/mol. The number of rotatable bonds is 7. The minimum Gasteiger partial charge on any atom is -0.492 e. The van der Waals surface area contributed by atoms with E-state index in [9.17, 15) is 0 Å². The average Bonchev–Trinajstić information content (AvgIpc) is 3.29. The Kier molecular flexibility index (Phi) is 6.12. The third-order valence-electron chi connectivity index (χ3n) is 5.43. The zero-order valence-corrected chi connectivity index (χ0v) is 16.9. The van der Waals surface area contributed by atoms with Gasteiger partial charge in [0.1, 0.15) is 12.4 Å². The van der Waals surface area contributed by atoms with Gasteiger partial charge in [0.15, 0.2) is 0 Å². The summed E-state index contributed by atoms with van der Waals surface area (Å²) < 4.78 is 11.7. The number of nitrogens with one attached hydrogen (secondary N) is 1. The van der Waals surface area contributed by atoms with Crippen molar-refractivity contribution in [2.45, 2.75) is 13.3 Å². The standard InChI is InChI=1S/C23H28N4O2/c1-2-18-22(29-14-11-27-9-12-28-13-10-27)8-7-20(19-5-3-4-6-21(19)24)23(18)17-15-25-26-16-17/h3-8,15-16H,2,9-14,24H2,1H3,(H,25,26). The van der Waals surface area contributed by atoms with Gasteiger partial charge in [-0.05, 0) is 35.7 Å². The number of aromatic nitrogens is 2. The Morgan fingerprint density at radius 2 is 1.97 bits per heavy atom. The highest BCUT2D eigenvalue weighted by Crippen LogP contribution is 2.41. The third kappa shape index (κ3) is 4.28. The molecule has 152 valence electrons. The van der Waals surface area contributed by atoms with Crippen molar-refractivity contribution in [2.75, 3.05) is 45.2 Å². The Morgan fingerprint density at radius 3 is 2.69 bits per heavy atom. The molecule has 3 aromatic rings. The first kappa shape index (κ1) is 19.5. The van der Waals surface area contributed by atoms with Crippen molar-refractivity contribution < 1.29 is 9.47 Å². The van der Waals surface area contributed by atoms with E-state index in [4.69, 9.17) is 15.2 Å². The van der Waals surface area contributed by atoms with Gasteiger partial charge in [-0.15, -0.1) is 0 Å². The zero-order chi connectivity index (χ0) is 20.1. The number of anilines is 1. The number of ether oxygens (including phenoxy) is 2. The predicted molar refractivity (Wildman–Crippen MR) is 116 cm³/mol. The largest absolute Gasteiger partial charge is 0.492 e. The molecule has 0 amide bonds. The van der Waals surface area contributed by atoms with Crippen LogP contribution in [-0.2, 0) is 11.2 Å². The van der Waals surface area contributed by atoms with Crippen LogP contribution in [0.25, 0.3) is 22.3 Å². The summed E-state index contributed by atoms with van der Waals surface area (Å²) in [7, 11) is 0. The lowest BCUT2D eigenvalue weighted by Crippen LogP contribution is -2.38. The number of aromatic amines is 1. The monoisotopic (exact) mass is 392 g/mol. The summed E-state index contributed by atoms with van der Waals surface area (Å²) in [6, 6.07) is 12.2. The summed E-state index contributed by atoms with van der Waals surface area (Å²) >= 11 is 0. The van der Waals surface area contributed by atoms with Gasteiger partial charge in [0, 0.05) is 48.2 Å². The maximum Gasteiger partial charge on any atom is 0.123 e. The number of benzene rings is 2. The molecule has 0 saturated carbocycles. The molecule has 1 fully saturated rings. The van der Waals surface area contributed by atoms with Crippen LogP contribution in [0.2, 0.25) is 0 Å². The molecular formula is C23H28N4O2. The maximum absolute atomic E-state index is 6.30. The fraction of sp³-hybridized carbons (Fsp3) is 0.348. The molecule has 1 saturated heterocycles. The molecule has 0 aliphatic carbocycles. The van der Waals surface area contributed by atoms with Crippen LogP contribution < -0.4 is 10.5 Å². The van der Waals surface area contributed by atoms with Crippen molar-refractivity contribution in [3.8, 4) is 28.0 Å². The number of nitrogens with zero attached hydrogens (tertiary/aromatic N) is 2. The molecule has 2 aromatic carbocycles. The second-order valence-corrected chi connectivity index (χ2v) is 7.20. The van der Waals surface area contributed by atoms with Gasteiger partial charge in [-0.1, -0.05) is 25.1 Å². The Hall–Kier alpha value is -2.83. The third-order valence-corrected chi connectivity index (χ3v) is 5.43. The van der Waals surface area contributed by atoms with Crippen LogP contribution in [0.1, 0.15) is 12.5 Å². The van der Waals surface area contributed by atoms with Crippen LogP contribution in [0.3, 0.4) is 0 Å². The summed E-state index contributed by atoms with van der Waals surface area (Å²) in [5.41, 5.74) is 12.5. The second kappa shape index (κ2) is 9.11. The highest BCUT2D eigenvalue weighted by molar-refractivity contribution is 5.91. The van der Waals surface area contributed by atoms with Crippen LogP contribution in [0.5, 0.6) is 5.75 Å². The van der Waals surface area contributed by atoms with E-state index in [1.165, 1.54) is 5.56 Å². The Bertz CT molecular complexity index is 934. The molecule has 1 aromatic heterocycles. The van der Waals surface area contributed by atoms with Gasteiger partial charge < -0.3 is 15.2 Å². The van der Waals surface area contributed by atoms with E-state index in [0.717, 1.165) is 73.0 Å². The van der Waals surface area contributed by atoms with Crippen molar-refractivity contribution in [3.05, 3.63) is 54.4 Å². The van der Waals surface area contributed by atoms with Crippen LogP contribution >= 0.6 is 0 Å². The summed E-state index contributed by atoms with van der Waals surface area (Å²) in [5, 5.41) is 7.11. The Morgan fingerprint density at radius 1 is 1.14 bits per heavy atom. The van der Waals surface area contributed by atoms with Gasteiger partial charge in [0.2, 0.25) is 0 Å². The highest BCUT2D eigenvalue weighted by atomic mass is 16.5. The van der Waals surface area contributed by atoms with E-state index in [2.05, 4.69) is 40.2 Å². The fourth-order valence-electron chi connectivity index (χ4n) is 3.91. The van der Waals surface area contributed by atoms with Crippen molar-refractivity contribution >= 4 is 5.69 Å². The maximum atomic E-state index is 6.30. The van der Waals surface area contributed by atoms with Gasteiger partial charge in [0.25, 0.3) is 0 Å². The molecule has 6 heteroatoms. The van der Waals surface area contributed by atoms with Crippen LogP contribution in [0.4, 0.5) is 5.69 Å². The first-order chi connectivity index (χ1) is 14.3. The van der Waals surface area contributed by atoms with Crippen LogP contribution in [0, 0.1) is 0 Å². The lowest BCUT2D eigenvalue weighted by atomic mass is 9.89. The lowest BCUT2D eigenvalue weighted by molar-refractivity contribution is 0.0322. The van der Waals surface area contributed by atoms with E-state index >= 15 is 0 Å². The minimum absolute atomic E-state index is 0.657. The summed E-state index contributed by atoms with van der Waals surface area (Å²) in [6.07, 6.45) is 4.64. The smallest absolute Gasteiger partial charge is 0.123 e. The fourth-order valence-corrected chi connectivity index (χ4v) is 3.91.